The summed E-state index contributed by atoms with van der Waals surface area (Å²) in [5.41, 5.74) is 0.655. The molecule has 1 aromatic carbocycles. The van der Waals surface area contributed by atoms with Crippen molar-refractivity contribution < 1.29 is 28.1 Å². The van der Waals surface area contributed by atoms with E-state index in [1.165, 1.54) is 0 Å². The molecule has 1 atom stereocenters. The quantitative estimate of drug-likeness (QED) is 0.604. The minimum absolute atomic E-state index is 0.158. The molecule has 9 heteroatoms. The number of rotatable bonds is 5. The van der Waals surface area contributed by atoms with E-state index in [1.807, 2.05) is 0 Å². The van der Waals surface area contributed by atoms with Crippen LogP contribution < -0.4 is 0 Å². The number of nitrogens with one attached hydrogen (secondary N) is 1. The molecule has 0 heterocycles. The SMILES string of the molecule is N=P(O)(OCc1ccccc1)OP(=O)(O)O. The first-order valence-corrected chi connectivity index (χ1v) is 7.21. The van der Waals surface area contributed by atoms with Crippen LogP contribution >= 0.6 is 15.6 Å². The maximum absolute atomic E-state index is 10.4. The van der Waals surface area contributed by atoms with Crippen molar-refractivity contribution in [3.05, 3.63) is 35.9 Å². The third kappa shape index (κ3) is 5.53. The second-order valence-corrected chi connectivity index (χ2v) is 5.79. The van der Waals surface area contributed by atoms with Gasteiger partial charge >= 0.3 is 15.6 Å². The summed E-state index contributed by atoms with van der Waals surface area (Å²) >= 11 is 0. The van der Waals surface area contributed by atoms with Crippen LogP contribution in [0.2, 0.25) is 0 Å². The summed E-state index contributed by atoms with van der Waals surface area (Å²) in [5, 5.41) is 7.06. The highest BCUT2D eigenvalue weighted by atomic mass is 31.3. The summed E-state index contributed by atoms with van der Waals surface area (Å²) < 4.78 is 18.8. The molecule has 0 aliphatic carbocycles. The Morgan fingerprint density at radius 2 is 1.75 bits per heavy atom. The van der Waals surface area contributed by atoms with E-state index < -0.39 is 15.6 Å². The Labute approximate surface area is 92.0 Å². The monoisotopic (exact) mass is 267 g/mol. The lowest BCUT2D eigenvalue weighted by Crippen LogP contribution is -1.94. The third-order valence-electron chi connectivity index (χ3n) is 1.47. The molecule has 0 saturated heterocycles. The van der Waals surface area contributed by atoms with E-state index in [2.05, 4.69) is 8.83 Å². The molecule has 0 aliphatic rings. The summed E-state index contributed by atoms with van der Waals surface area (Å²) in [5.74, 6) is 0. The molecule has 0 aromatic heterocycles. The lowest BCUT2D eigenvalue weighted by molar-refractivity contribution is 0.204. The fourth-order valence-electron chi connectivity index (χ4n) is 0.904. The minimum atomic E-state index is -4.92. The number of benzene rings is 1. The highest BCUT2D eigenvalue weighted by Gasteiger charge is 2.27. The van der Waals surface area contributed by atoms with Crippen molar-refractivity contribution in [1.29, 1.82) is 5.16 Å². The van der Waals surface area contributed by atoms with Crippen molar-refractivity contribution in [2.75, 3.05) is 0 Å². The highest BCUT2D eigenvalue weighted by Crippen LogP contribution is 2.58. The number of phosphoric acid groups is 1. The Hall–Kier alpha value is -0.520. The van der Waals surface area contributed by atoms with Crippen LogP contribution in [0.3, 0.4) is 0 Å². The lowest BCUT2D eigenvalue weighted by Gasteiger charge is -2.15. The summed E-state index contributed by atoms with van der Waals surface area (Å²) in [4.78, 5) is 26.0. The van der Waals surface area contributed by atoms with E-state index >= 15 is 0 Å². The Kier molecular flexibility index (Phi) is 4.41. The minimum Gasteiger partial charge on any atom is -0.318 e. The van der Waals surface area contributed by atoms with Crippen molar-refractivity contribution in [3.63, 3.8) is 0 Å². The number of hydrogen-bond donors (Lipinski definition) is 4. The molecule has 90 valence electrons. The molecule has 16 heavy (non-hydrogen) atoms. The van der Waals surface area contributed by atoms with Crippen molar-refractivity contribution in [2.24, 2.45) is 0 Å². The molecule has 0 saturated carbocycles. The summed E-state index contributed by atoms with van der Waals surface area (Å²) in [7, 11) is -9.16. The zero-order valence-corrected chi connectivity index (χ0v) is 9.84. The van der Waals surface area contributed by atoms with Crippen molar-refractivity contribution >= 4 is 15.6 Å². The summed E-state index contributed by atoms with van der Waals surface area (Å²) in [6.07, 6.45) is 0. The van der Waals surface area contributed by atoms with Crippen LogP contribution in [0, 0.1) is 5.16 Å². The van der Waals surface area contributed by atoms with Crippen LogP contribution in [0.15, 0.2) is 30.3 Å². The third-order valence-corrected chi connectivity index (χ3v) is 3.68. The average Bonchev–Trinajstić information content (AvgIpc) is 2.13. The van der Waals surface area contributed by atoms with Gasteiger partial charge in [0.25, 0.3) is 0 Å². The van der Waals surface area contributed by atoms with E-state index in [0.717, 1.165) is 0 Å². The molecule has 4 N–H and O–H groups in total. The van der Waals surface area contributed by atoms with E-state index in [-0.39, 0.29) is 6.61 Å². The first-order valence-electron chi connectivity index (χ1n) is 4.11. The predicted octanol–water partition coefficient (Wildman–Crippen LogP) is 1.83. The second-order valence-electron chi connectivity index (χ2n) is 2.85. The Morgan fingerprint density at radius 1 is 1.19 bits per heavy atom. The molecular formula is C7H11NO6P2. The topological polar surface area (TPSA) is 120 Å². The van der Waals surface area contributed by atoms with E-state index in [9.17, 15) is 4.57 Å². The highest BCUT2D eigenvalue weighted by molar-refractivity contribution is 7.61. The van der Waals surface area contributed by atoms with E-state index in [4.69, 9.17) is 19.8 Å². The standard InChI is InChI=1S/C7H11NO6P2/c8-15(9,14-16(10,11)12)13-6-7-4-2-1-3-5-7/h1-5H,6H2,(H2,8,9)(H2,10,11,12). The molecular weight excluding hydrogens is 256 g/mol. The Morgan fingerprint density at radius 3 is 2.25 bits per heavy atom. The molecule has 1 rings (SSSR count). The average molecular weight is 267 g/mol. The van der Waals surface area contributed by atoms with Crippen LogP contribution in [0.5, 0.6) is 0 Å². The van der Waals surface area contributed by atoms with Gasteiger partial charge in [0.05, 0.1) is 6.61 Å². The van der Waals surface area contributed by atoms with Crippen molar-refractivity contribution in [1.82, 2.24) is 0 Å². The molecule has 0 spiro atoms. The van der Waals surface area contributed by atoms with Gasteiger partial charge < -0.3 is 14.7 Å². The van der Waals surface area contributed by atoms with Gasteiger partial charge in [0, 0.05) is 0 Å². The van der Waals surface area contributed by atoms with Crippen LogP contribution in [0.4, 0.5) is 0 Å². The zero-order valence-electron chi connectivity index (χ0n) is 8.05. The Bertz CT molecular complexity index is 430. The van der Waals surface area contributed by atoms with Gasteiger partial charge in [-0.05, 0) is 5.56 Å². The van der Waals surface area contributed by atoms with Gasteiger partial charge in [-0.3, -0.25) is 4.52 Å². The smallest absolute Gasteiger partial charge is 0.318 e. The largest absolute Gasteiger partial charge is 0.477 e. The zero-order chi connectivity index (χ0) is 12.2. The maximum atomic E-state index is 10.4. The van der Waals surface area contributed by atoms with Crippen molar-refractivity contribution in [3.8, 4) is 0 Å². The van der Waals surface area contributed by atoms with Crippen LogP contribution in [-0.4, -0.2) is 14.7 Å². The molecule has 0 radical (unpaired) electrons. The fourth-order valence-corrected chi connectivity index (χ4v) is 2.57. The van der Waals surface area contributed by atoms with Gasteiger partial charge in [-0.15, -0.1) is 0 Å². The van der Waals surface area contributed by atoms with Crippen LogP contribution in [0.25, 0.3) is 0 Å². The lowest BCUT2D eigenvalue weighted by atomic mass is 10.2. The predicted molar refractivity (Wildman–Crippen MR) is 56.2 cm³/mol. The molecule has 0 aliphatic heterocycles. The van der Waals surface area contributed by atoms with E-state index in [1.54, 1.807) is 30.3 Å². The first-order chi connectivity index (χ1) is 7.29. The molecule has 1 aromatic rings. The van der Waals surface area contributed by atoms with E-state index in [0.29, 0.717) is 5.56 Å². The molecule has 0 bridgehead atoms. The molecule has 0 fully saturated rings. The summed E-state index contributed by atoms with van der Waals surface area (Å²) in [6, 6.07) is 8.58. The van der Waals surface area contributed by atoms with Gasteiger partial charge in [-0.2, -0.15) is 0 Å². The van der Waals surface area contributed by atoms with Crippen molar-refractivity contribution in [2.45, 2.75) is 6.61 Å². The van der Waals surface area contributed by atoms with Gasteiger partial charge in [-0.25, -0.2) is 14.0 Å². The van der Waals surface area contributed by atoms with Crippen LogP contribution in [-0.2, 0) is 20.0 Å². The van der Waals surface area contributed by atoms with Gasteiger partial charge in [0.1, 0.15) is 0 Å². The normalized spacial score (nSPS) is 15.7. The molecule has 7 nitrogen and oxygen atoms in total. The second kappa shape index (κ2) is 5.21. The molecule has 1 unspecified atom stereocenters. The van der Waals surface area contributed by atoms with Crippen LogP contribution in [0.1, 0.15) is 5.56 Å². The molecule has 0 amide bonds. The number of hydrogen-bond acceptors (Lipinski definition) is 4. The maximum Gasteiger partial charge on any atom is 0.477 e. The summed E-state index contributed by atoms with van der Waals surface area (Å²) in [6.45, 7) is -0.158. The van der Waals surface area contributed by atoms with Gasteiger partial charge in [0.2, 0.25) is 0 Å². The van der Waals surface area contributed by atoms with Gasteiger partial charge in [0.15, 0.2) is 0 Å². The first kappa shape index (κ1) is 13.5. The fraction of sp³-hybridized carbons (Fsp3) is 0.143. The van der Waals surface area contributed by atoms with Gasteiger partial charge in [-0.1, -0.05) is 30.3 Å². The Balaban J connectivity index is 2.55.